The Morgan fingerprint density at radius 2 is 1.65 bits per heavy atom. The molecule has 0 bridgehead atoms. The molecule has 23 heavy (non-hydrogen) atoms. The molecular formula is C18H16N4O. The molecule has 3 rings (SSSR count). The molecule has 5 heteroatoms. The largest absolute Gasteiger partial charge is 0.340 e. The molecule has 0 aliphatic heterocycles. The second-order valence-corrected chi connectivity index (χ2v) is 5.10. The summed E-state index contributed by atoms with van der Waals surface area (Å²) in [5.41, 5.74) is 3.12. The normalized spacial score (nSPS) is 10.1. The van der Waals surface area contributed by atoms with Gasteiger partial charge < -0.3 is 10.6 Å². The van der Waals surface area contributed by atoms with Crippen LogP contribution >= 0.6 is 0 Å². The number of hydrogen-bond donors (Lipinski definition) is 2. The van der Waals surface area contributed by atoms with Crippen molar-refractivity contribution in [2.45, 2.75) is 6.92 Å². The molecule has 3 aromatic rings. The highest BCUT2D eigenvalue weighted by Crippen LogP contribution is 2.16. The molecule has 5 nitrogen and oxygen atoms in total. The lowest BCUT2D eigenvalue weighted by atomic mass is 10.2. The molecule has 0 fully saturated rings. The van der Waals surface area contributed by atoms with Gasteiger partial charge in [0.2, 0.25) is 0 Å². The lowest BCUT2D eigenvalue weighted by Crippen LogP contribution is -2.14. The Morgan fingerprint density at radius 1 is 0.913 bits per heavy atom. The lowest BCUT2D eigenvalue weighted by molar-refractivity contribution is 0.102. The summed E-state index contributed by atoms with van der Waals surface area (Å²) in [6, 6.07) is 18.8. The SMILES string of the molecule is Cc1ccc(Nc2cc(C(=O)Nc3ccccc3)ncn2)cc1. The van der Waals surface area contributed by atoms with Gasteiger partial charge in [-0.3, -0.25) is 4.79 Å². The van der Waals surface area contributed by atoms with Gasteiger partial charge in [0.05, 0.1) is 0 Å². The molecule has 2 aromatic carbocycles. The molecular weight excluding hydrogens is 288 g/mol. The molecule has 0 atom stereocenters. The number of carbonyl (C=O) groups excluding carboxylic acids is 1. The number of aromatic nitrogens is 2. The van der Waals surface area contributed by atoms with Crippen LogP contribution in [0.2, 0.25) is 0 Å². The van der Waals surface area contributed by atoms with Crippen LogP contribution < -0.4 is 10.6 Å². The van der Waals surface area contributed by atoms with Crippen molar-refractivity contribution in [3.05, 3.63) is 78.2 Å². The molecule has 1 aromatic heterocycles. The summed E-state index contributed by atoms with van der Waals surface area (Å²) in [6.45, 7) is 2.03. The van der Waals surface area contributed by atoms with Gasteiger partial charge >= 0.3 is 0 Å². The van der Waals surface area contributed by atoms with Gasteiger partial charge in [-0.2, -0.15) is 0 Å². The first-order valence-corrected chi connectivity index (χ1v) is 7.23. The lowest BCUT2D eigenvalue weighted by Gasteiger charge is -2.08. The van der Waals surface area contributed by atoms with E-state index in [4.69, 9.17) is 0 Å². The molecule has 0 unspecified atom stereocenters. The fraction of sp³-hybridized carbons (Fsp3) is 0.0556. The molecule has 1 heterocycles. The minimum absolute atomic E-state index is 0.273. The van der Waals surface area contributed by atoms with E-state index in [2.05, 4.69) is 20.6 Å². The van der Waals surface area contributed by atoms with Crippen LogP contribution in [0, 0.1) is 6.92 Å². The Labute approximate surface area is 134 Å². The maximum atomic E-state index is 12.2. The molecule has 0 saturated heterocycles. The zero-order chi connectivity index (χ0) is 16.1. The molecule has 0 aliphatic rings. The van der Waals surface area contributed by atoms with Crippen LogP contribution in [0.4, 0.5) is 17.2 Å². The minimum atomic E-state index is -0.273. The Bertz CT molecular complexity index is 801. The zero-order valence-corrected chi connectivity index (χ0v) is 12.7. The van der Waals surface area contributed by atoms with E-state index >= 15 is 0 Å². The molecule has 0 spiro atoms. The summed E-state index contributed by atoms with van der Waals surface area (Å²) in [5, 5.41) is 5.96. The minimum Gasteiger partial charge on any atom is -0.340 e. The van der Waals surface area contributed by atoms with Gasteiger partial charge in [-0.25, -0.2) is 9.97 Å². The third-order valence-electron chi connectivity index (χ3n) is 3.26. The number of aryl methyl sites for hydroxylation is 1. The maximum Gasteiger partial charge on any atom is 0.274 e. The highest BCUT2D eigenvalue weighted by atomic mass is 16.1. The van der Waals surface area contributed by atoms with Gasteiger partial charge in [0.25, 0.3) is 5.91 Å². The van der Waals surface area contributed by atoms with Gasteiger partial charge in [-0.05, 0) is 31.2 Å². The van der Waals surface area contributed by atoms with Gasteiger partial charge in [0.1, 0.15) is 17.8 Å². The first-order chi connectivity index (χ1) is 11.2. The number of benzene rings is 2. The van der Waals surface area contributed by atoms with Crippen molar-refractivity contribution in [2.24, 2.45) is 0 Å². The quantitative estimate of drug-likeness (QED) is 0.769. The predicted molar refractivity (Wildman–Crippen MR) is 90.9 cm³/mol. The van der Waals surface area contributed by atoms with Crippen LogP contribution in [-0.2, 0) is 0 Å². The Kier molecular flexibility index (Phi) is 4.29. The highest BCUT2D eigenvalue weighted by Gasteiger charge is 2.09. The molecule has 0 radical (unpaired) electrons. The number of anilines is 3. The van der Waals surface area contributed by atoms with Gasteiger partial charge in [0, 0.05) is 17.4 Å². The van der Waals surface area contributed by atoms with E-state index in [9.17, 15) is 4.79 Å². The number of amides is 1. The predicted octanol–water partition coefficient (Wildman–Crippen LogP) is 3.78. The van der Waals surface area contributed by atoms with Gasteiger partial charge in [-0.15, -0.1) is 0 Å². The second kappa shape index (κ2) is 6.70. The first kappa shape index (κ1) is 14.7. The fourth-order valence-corrected chi connectivity index (χ4v) is 2.05. The van der Waals surface area contributed by atoms with Crippen molar-refractivity contribution in [1.82, 2.24) is 9.97 Å². The van der Waals surface area contributed by atoms with Crippen molar-refractivity contribution in [2.75, 3.05) is 10.6 Å². The van der Waals surface area contributed by atoms with Crippen molar-refractivity contribution in [3.8, 4) is 0 Å². The number of carbonyl (C=O) groups is 1. The van der Waals surface area contributed by atoms with Crippen molar-refractivity contribution >= 4 is 23.1 Å². The summed E-state index contributed by atoms with van der Waals surface area (Å²) in [5.74, 6) is 0.299. The highest BCUT2D eigenvalue weighted by molar-refractivity contribution is 6.03. The molecule has 0 saturated carbocycles. The third kappa shape index (κ3) is 3.91. The van der Waals surface area contributed by atoms with Crippen LogP contribution in [0.1, 0.15) is 16.1 Å². The molecule has 1 amide bonds. The van der Waals surface area contributed by atoms with Crippen molar-refractivity contribution in [1.29, 1.82) is 0 Å². The van der Waals surface area contributed by atoms with Gasteiger partial charge in [-0.1, -0.05) is 35.9 Å². The van der Waals surface area contributed by atoms with E-state index in [1.165, 1.54) is 11.9 Å². The molecule has 0 aliphatic carbocycles. The summed E-state index contributed by atoms with van der Waals surface area (Å²) in [7, 11) is 0. The average molecular weight is 304 g/mol. The van der Waals surface area contributed by atoms with Crippen molar-refractivity contribution in [3.63, 3.8) is 0 Å². The maximum absolute atomic E-state index is 12.2. The molecule has 114 valence electrons. The van der Waals surface area contributed by atoms with E-state index in [-0.39, 0.29) is 5.91 Å². The van der Waals surface area contributed by atoms with Crippen LogP contribution in [0.15, 0.2) is 67.0 Å². The van der Waals surface area contributed by atoms with E-state index in [1.807, 2.05) is 61.5 Å². The average Bonchev–Trinajstić information content (AvgIpc) is 2.58. The topological polar surface area (TPSA) is 66.9 Å². The number of nitrogens with one attached hydrogen (secondary N) is 2. The van der Waals surface area contributed by atoms with Crippen molar-refractivity contribution < 1.29 is 4.79 Å². The standard InChI is InChI=1S/C18H16N4O/c1-13-7-9-15(10-8-13)21-17-11-16(19-12-20-17)18(23)22-14-5-3-2-4-6-14/h2-12H,1H3,(H,22,23)(H,19,20,21). The number of nitrogens with zero attached hydrogens (tertiary/aromatic N) is 2. The smallest absolute Gasteiger partial charge is 0.274 e. The van der Waals surface area contributed by atoms with E-state index in [0.717, 1.165) is 11.4 Å². The van der Waals surface area contributed by atoms with Crippen LogP contribution in [0.25, 0.3) is 0 Å². The molecule has 2 N–H and O–H groups in total. The fourth-order valence-electron chi connectivity index (χ4n) is 2.05. The first-order valence-electron chi connectivity index (χ1n) is 7.23. The Hall–Kier alpha value is -3.21. The van der Waals surface area contributed by atoms with Crippen LogP contribution in [-0.4, -0.2) is 15.9 Å². The van der Waals surface area contributed by atoms with E-state index in [0.29, 0.717) is 11.5 Å². The summed E-state index contributed by atoms with van der Waals surface area (Å²) in [6.07, 6.45) is 1.37. The third-order valence-corrected chi connectivity index (χ3v) is 3.26. The van der Waals surface area contributed by atoms with Gasteiger partial charge in [0.15, 0.2) is 0 Å². The number of rotatable bonds is 4. The number of para-hydroxylation sites is 1. The van der Waals surface area contributed by atoms with E-state index < -0.39 is 0 Å². The summed E-state index contributed by atoms with van der Waals surface area (Å²) < 4.78 is 0. The summed E-state index contributed by atoms with van der Waals surface area (Å²) in [4.78, 5) is 20.4. The monoisotopic (exact) mass is 304 g/mol. The Balaban J connectivity index is 1.74. The summed E-state index contributed by atoms with van der Waals surface area (Å²) >= 11 is 0. The van der Waals surface area contributed by atoms with Crippen LogP contribution in [0.5, 0.6) is 0 Å². The van der Waals surface area contributed by atoms with Crippen LogP contribution in [0.3, 0.4) is 0 Å². The van der Waals surface area contributed by atoms with E-state index in [1.54, 1.807) is 6.07 Å². The zero-order valence-electron chi connectivity index (χ0n) is 12.7. The number of hydrogen-bond acceptors (Lipinski definition) is 4. The Morgan fingerprint density at radius 3 is 2.39 bits per heavy atom. The second-order valence-electron chi connectivity index (χ2n) is 5.10.